The van der Waals surface area contributed by atoms with E-state index >= 15 is 0 Å². The highest BCUT2D eigenvalue weighted by Crippen LogP contribution is 2.28. The third-order valence-corrected chi connectivity index (χ3v) is 4.13. The lowest BCUT2D eigenvalue weighted by atomic mass is 9.84. The Balaban J connectivity index is 1.97. The minimum atomic E-state index is 0.585. The Morgan fingerprint density at radius 2 is 2.32 bits per heavy atom. The lowest BCUT2D eigenvalue weighted by Crippen LogP contribution is -2.28. The molecule has 19 heavy (non-hydrogen) atoms. The summed E-state index contributed by atoms with van der Waals surface area (Å²) >= 11 is 0. The fourth-order valence-electron chi connectivity index (χ4n) is 3.00. The summed E-state index contributed by atoms with van der Waals surface area (Å²) in [4.78, 5) is 4.60. The van der Waals surface area contributed by atoms with E-state index in [9.17, 15) is 0 Å². The highest BCUT2D eigenvalue weighted by atomic mass is 16.5. The summed E-state index contributed by atoms with van der Waals surface area (Å²) in [5.41, 5.74) is 1.07. The molecule has 1 fully saturated rings. The minimum absolute atomic E-state index is 0.585. The van der Waals surface area contributed by atoms with E-state index in [2.05, 4.69) is 28.0 Å². The van der Waals surface area contributed by atoms with Gasteiger partial charge >= 0.3 is 0 Å². The normalized spacial score (nSPS) is 23.5. The highest BCUT2D eigenvalue weighted by Gasteiger charge is 2.21. The zero-order chi connectivity index (χ0) is 13.7. The van der Waals surface area contributed by atoms with Gasteiger partial charge in [-0.05, 0) is 25.7 Å². The predicted octanol–water partition coefficient (Wildman–Crippen LogP) is 3.22. The van der Waals surface area contributed by atoms with Gasteiger partial charge in [-0.2, -0.15) is 0 Å². The zero-order valence-electron chi connectivity index (χ0n) is 12.5. The van der Waals surface area contributed by atoms with E-state index in [-0.39, 0.29) is 0 Å². The third-order valence-electron chi connectivity index (χ3n) is 4.13. The van der Waals surface area contributed by atoms with Crippen molar-refractivity contribution in [2.45, 2.75) is 58.5 Å². The molecule has 1 N–H and O–H groups in total. The molecule has 1 aliphatic rings. The minimum Gasteiger partial charge on any atom is -0.383 e. The van der Waals surface area contributed by atoms with Gasteiger partial charge in [-0.1, -0.05) is 26.2 Å². The smallest absolute Gasteiger partial charge is 0.203 e. The first-order valence-corrected chi connectivity index (χ1v) is 7.52. The molecule has 0 radical (unpaired) electrons. The summed E-state index contributed by atoms with van der Waals surface area (Å²) < 4.78 is 7.33. The maximum Gasteiger partial charge on any atom is 0.203 e. The van der Waals surface area contributed by atoms with Gasteiger partial charge in [0.2, 0.25) is 5.95 Å². The van der Waals surface area contributed by atoms with Crippen molar-refractivity contribution in [2.24, 2.45) is 5.92 Å². The van der Waals surface area contributed by atoms with Crippen molar-refractivity contribution >= 4 is 5.95 Å². The quantitative estimate of drug-likeness (QED) is 0.858. The van der Waals surface area contributed by atoms with Crippen LogP contribution >= 0.6 is 0 Å². The van der Waals surface area contributed by atoms with Crippen LogP contribution in [0.2, 0.25) is 0 Å². The molecule has 0 aromatic carbocycles. The number of nitrogens with zero attached hydrogens (tertiary/aromatic N) is 2. The topological polar surface area (TPSA) is 39.1 Å². The van der Waals surface area contributed by atoms with Crippen molar-refractivity contribution in [1.82, 2.24) is 9.55 Å². The number of hydrogen-bond acceptors (Lipinski definition) is 3. The Kier molecular flexibility index (Phi) is 5.25. The van der Waals surface area contributed by atoms with Crippen LogP contribution in [-0.2, 0) is 11.3 Å². The molecule has 2 atom stereocenters. The zero-order valence-corrected chi connectivity index (χ0v) is 12.5. The van der Waals surface area contributed by atoms with Gasteiger partial charge in [0.25, 0.3) is 0 Å². The number of nitrogens with one attached hydrogen (secondary N) is 1. The van der Waals surface area contributed by atoms with Crippen LogP contribution in [0.1, 0.15) is 44.7 Å². The Morgan fingerprint density at radius 1 is 1.47 bits per heavy atom. The fourth-order valence-corrected chi connectivity index (χ4v) is 3.00. The summed E-state index contributed by atoms with van der Waals surface area (Å²) in [5, 5.41) is 3.64. The Labute approximate surface area is 116 Å². The van der Waals surface area contributed by atoms with Gasteiger partial charge in [0, 0.05) is 25.9 Å². The monoisotopic (exact) mass is 265 g/mol. The maximum atomic E-state index is 5.16. The lowest BCUT2D eigenvalue weighted by Gasteiger charge is -2.29. The van der Waals surface area contributed by atoms with Crippen LogP contribution in [0, 0.1) is 12.8 Å². The summed E-state index contributed by atoms with van der Waals surface area (Å²) in [5.74, 6) is 1.89. The van der Waals surface area contributed by atoms with Crippen LogP contribution in [0.15, 0.2) is 6.20 Å². The van der Waals surface area contributed by atoms with Crippen LogP contribution in [0.5, 0.6) is 0 Å². The van der Waals surface area contributed by atoms with Crippen LogP contribution < -0.4 is 5.32 Å². The number of rotatable bonds is 6. The van der Waals surface area contributed by atoms with Gasteiger partial charge in [0.15, 0.2) is 0 Å². The first-order valence-electron chi connectivity index (χ1n) is 7.52. The van der Waals surface area contributed by atoms with E-state index in [0.717, 1.165) is 30.7 Å². The van der Waals surface area contributed by atoms with E-state index in [4.69, 9.17) is 4.74 Å². The van der Waals surface area contributed by atoms with Gasteiger partial charge in [0.05, 0.1) is 12.3 Å². The number of anilines is 1. The van der Waals surface area contributed by atoms with Crippen molar-refractivity contribution in [2.75, 3.05) is 19.0 Å². The van der Waals surface area contributed by atoms with Gasteiger partial charge in [-0.15, -0.1) is 0 Å². The molecule has 108 valence electrons. The average Bonchev–Trinajstić information content (AvgIpc) is 2.76. The molecular weight excluding hydrogens is 238 g/mol. The summed E-state index contributed by atoms with van der Waals surface area (Å²) in [6.45, 7) is 5.94. The molecule has 1 heterocycles. The second-order valence-corrected chi connectivity index (χ2v) is 5.67. The summed E-state index contributed by atoms with van der Waals surface area (Å²) in [6, 6.07) is 0.585. The van der Waals surface area contributed by atoms with Crippen molar-refractivity contribution in [3.8, 4) is 0 Å². The third kappa shape index (κ3) is 3.96. The molecule has 1 saturated carbocycles. The molecule has 1 aliphatic carbocycles. The first kappa shape index (κ1) is 14.4. The lowest BCUT2D eigenvalue weighted by molar-refractivity contribution is 0.187. The number of aromatic nitrogens is 2. The Hall–Kier alpha value is -1.03. The molecule has 0 bridgehead atoms. The Morgan fingerprint density at radius 3 is 3.05 bits per heavy atom. The Bertz CT molecular complexity index is 389. The first-order chi connectivity index (χ1) is 9.22. The van der Waals surface area contributed by atoms with Crippen molar-refractivity contribution in [1.29, 1.82) is 0 Å². The summed E-state index contributed by atoms with van der Waals surface area (Å²) in [7, 11) is 1.74. The number of ether oxygens (including phenoxy) is 1. The van der Waals surface area contributed by atoms with E-state index < -0.39 is 0 Å². The van der Waals surface area contributed by atoms with Gasteiger partial charge in [-0.25, -0.2) is 4.98 Å². The fraction of sp³-hybridized carbons (Fsp3) is 0.800. The molecule has 0 spiro atoms. The van der Waals surface area contributed by atoms with Crippen molar-refractivity contribution < 1.29 is 4.74 Å². The van der Waals surface area contributed by atoms with Gasteiger partial charge < -0.3 is 14.6 Å². The largest absolute Gasteiger partial charge is 0.383 e. The van der Waals surface area contributed by atoms with E-state index in [1.165, 1.54) is 32.1 Å². The molecular formula is C15H27N3O. The highest BCUT2D eigenvalue weighted by molar-refractivity contribution is 5.30. The molecule has 4 heteroatoms. The number of hydrogen-bond donors (Lipinski definition) is 1. The van der Waals surface area contributed by atoms with Gasteiger partial charge in [-0.3, -0.25) is 0 Å². The molecule has 2 unspecified atom stereocenters. The second-order valence-electron chi connectivity index (χ2n) is 5.67. The van der Waals surface area contributed by atoms with E-state index in [0.29, 0.717) is 6.04 Å². The number of aryl methyl sites for hydroxylation is 1. The molecule has 0 amide bonds. The van der Waals surface area contributed by atoms with Crippen LogP contribution in [0.25, 0.3) is 0 Å². The number of methoxy groups -OCH3 is 1. The predicted molar refractivity (Wildman–Crippen MR) is 78.5 cm³/mol. The van der Waals surface area contributed by atoms with E-state index in [1.54, 1.807) is 7.11 Å². The molecule has 0 aliphatic heterocycles. The van der Waals surface area contributed by atoms with Crippen molar-refractivity contribution in [3.05, 3.63) is 11.9 Å². The molecule has 4 nitrogen and oxygen atoms in total. The van der Waals surface area contributed by atoms with Crippen LogP contribution in [0.4, 0.5) is 5.95 Å². The SMILES string of the molecule is CCC1CCCC(Nc2nc(C)cn2CCOC)C1. The van der Waals surface area contributed by atoms with Crippen LogP contribution in [0.3, 0.4) is 0 Å². The molecule has 2 rings (SSSR count). The molecule has 0 saturated heterocycles. The number of imidazole rings is 1. The molecule has 1 aromatic rings. The molecule has 1 aromatic heterocycles. The van der Waals surface area contributed by atoms with Crippen molar-refractivity contribution in [3.63, 3.8) is 0 Å². The average molecular weight is 265 g/mol. The standard InChI is InChI=1S/C15H27N3O/c1-4-13-6-5-7-14(10-13)17-15-16-12(2)11-18(15)8-9-19-3/h11,13-14H,4-10H2,1-3H3,(H,16,17). The van der Waals surface area contributed by atoms with Gasteiger partial charge in [0.1, 0.15) is 0 Å². The maximum absolute atomic E-state index is 5.16. The van der Waals surface area contributed by atoms with E-state index in [1.807, 2.05) is 6.92 Å². The summed E-state index contributed by atoms with van der Waals surface area (Å²) in [6.07, 6.45) is 8.69. The van der Waals surface area contributed by atoms with Crippen LogP contribution in [-0.4, -0.2) is 29.3 Å². The second kappa shape index (κ2) is 6.94.